The molecule has 12 heavy (non-hydrogen) atoms. The molecule has 0 unspecified atom stereocenters. The van der Waals surface area contributed by atoms with Crippen LogP contribution >= 0.6 is 39.1 Å². The minimum Gasteiger partial charge on any atom is -0.276 e. The van der Waals surface area contributed by atoms with Crippen molar-refractivity contribution in [2.45, 2.75) is 0 Å². The smallest absolute Gasteiger partial charge is 0.253 e. The van der Waals surface area contributed by atoms with Gasteiger partial charge in [0.05, 0.1) is 5.02 Å². The molecule has 0 radical (unpaired) electrons. The molecule has 5 heteroatoms. The maximum Gasteiger partial charge on any atom is 0.253 e. The van der Waals surface area contributed by atoms with Crippen LogP contribution in [0.3, 0.4) is 0 Å². The lowest BCUT2D eigenvalue weighted by Crippen LogP contribution is -1.92. The lowest BCUT2D eigenvalue weighted by atomic mass is 10.2. The molecule has 1 aromatic carbocycles. The average Bonchev–Trinajstić information content (AvgIpc) is 1.96. The number of rotatable bonds is 1. The molecule has 1 rings (SSSR count). The Balaban J connectivity index is 3.33. The Morgan fingerprint density at radius 1 is 1.50 bits per heavy atom. The standard InChI is InChI=1S/C7H2BrCl2FO/c8-4-2-6(11)5(9)1-3(4)7(10)12/h1-2H. The van der Waals surface area contributed by atoms with Gasteiger partial charge in [0, 0.05) is 10.0 Å². The van der Waals surface area contributed by atoms with Crippen LogP contribution < -0.4 is 0 Å². The molecule has 0 amide bonds. The van der Waals surface area contributed by atoms with Crippen molar-refractivity contribution in [3.05, 3.63) is 33.0 Å². The highest BCUT2D eigenvalue weighted by Crippen LogP contribution is 2.25. The van der Waals surface area contributed by atoms with Gasteiger partial charge in [-0.05, 0) is 39.7 Å². The summed E-state index contributed by atoms with van der Waals surface area (Å²) in [4.78, 5) is 10.7. The molecule has 0 aromatic heterocycles. The first-order valence-corrected chi connectivity index (χ1v) is 4.41. The molecule has 0 bridgehead atoms. The van der Waals surface area contributed by atoms with Crippen molar-refractivity contribution in [3.63, 3.8) is 0 Å². The molecular weight excluding hydrogens is 270 g/mol. The maximum absolute atomic E-state index is 12.7. The Hall–Kier alpha value is -0.120. The summed E-state index contributed by atoms with van der Waals surface area (Å²) in [7, 11) is 0. The number of hydrogen-bond acceptors (Lipinski definition) is 1. The molecule has 0 fully saturated rings. The van der Waals surface area contributed by atoms with Crippen molar-refractivity contribution >= 4 is 44.4 Å². The zero-order chi connectivity index (χ0) is 9.30. The lowest BCUT2D eigenvalue weighted by Gasteiger charge is -1.99. The number of carbonyl (C=O) groups excluding carboxylic acids is 1. The van der Waals surface area contributed by atoms with E-state index < -0.39 is 11.1 Å². The van der Waals surface area contributed by atoms with Crippen LogP contribution in [0.4, 0.5) is 4.39 Å². The van der Waals surface area contributed by atoms with Crippen molar-refractivity contribution in [2.75, 3.05) is 0 Å². The molecule has 0 aliphatic rings. The van der Waals surface area contributed by atoms with E-state index in [-0.39, 0.29) is 10.6 Å². The molecular formula is C7H2BrCl2FO. The Kier molecular flexibility index (Phi) is 3.09. The van der Waals surface area contributed by atoms with E-state index in [1.807, 2.05) is 0 Å². The van der Waals surface area contributed by atoms with E-state index in [9.17, 15) is 9.18 Å². The molecule has 0 aliphatic carbocycles. The van der Waals surface area contributed by atoms with E-state index in [0.717, 1.165) is 6.07 Å². The normalized spacial score (nSPS) is 10.0. The summed E-state index contributed by atoms with van der Waals surface area (Å²) in [6, 6.07) is 2.27. The van der Waals surface area contributed by atoms with Crippen molar-refractivity contribution in [1.82, 2.24) is 0 Å². The summed E-state index contributed by atoms with van der Waals surface area (Å²) >= 11 is 13.6. The molecule has 1 nitrogen and oxygen atoms in total. The van der Waals surface area contributed by atoms with Crippen LogP contribution in [0.1, 0.15) is 10.4 Å². The molecule has 0 N–H and O–H groups in total. The first-order valence-electron chi connectivity index (χ1n) is 2.86. The summed E-state index contributed by atoms with van der Waals surface area (Å²) in [5.74, 6) is -0.592. The number of halogens is 4. The zero-order valence-corrected chi connectivity index (χ0v) is 8.67. The first-order chi connectivity index (χ1) is 5.52. The van der Waals surface area contributed by atoms with Crippen LogP contribution in [0.5, 0.6) is 0 Å². The monoisotopic (exact) mass is 270 g/mol. The van der Waals surface area contributed by atoms with E-state index in [1.54, 1.807) is 0 Å². The largest absolute Gasteiger partial charge is 0.276 e. The Morgan fingerprint density at radius 3 is 2.58 bits per heavy atom. The lowest BCUT2D eigenvalue weighted by molar-refractivity contribution is 0.108. The van der Waals surface area contributed by atoms with Gasteiger partial charge in [0.15, 0.2) is 0 Å². The minimum atomic E-state index is -0.677. The maximum atomic E-state index is 12.7. The van der Waals surface area contributed by atoms with E-state index in [0.29, 0.717) is 4.47 Å². The molecule has 0 saturated carbocycles. The van der Waals surface area contributed by atoms with E-state index in [2.05, 4.69) is 15.9 Å². The zero-order valence-electron chi connectivity index (χ0n) is 5.57. The summed E-state index contributed by atoms with van der Waals surface area (Å²) < 4.78 is 13.0. The Morgan fingerprint density at radius 2 is 2.08 bits per heavy atom. The van der Waals surface area contributed by atoms with Crippen LogP contribution in [0.25, 0.3) is 0 Å². The molecule has 0 spiro atoms. The summed E-state index contributed by atoms with van der Waals surface area (Å²) in [6.07, 6.45) is 0. The van der Waals surface area contributed by atoms with Crippen molar-refractivity contribution in [1.29, 1.82) is 0 Å². The third-order valence-electron chi connectivity index (χ3n) is 1.22. The van der Waals surface area contributed by atoms with Gasteiger partial charge in [0.25, 0.3) is 5.24 Å². The number of benzene rings is 1. The molecule has 1 aromatic rings. The SMILES string of the molecule is O=C(Cl)c1cc(Cl)c(F)cc1Br. The highest BCUT2D eigenvalue weighted by Gasteiger charge is 2.10. The highest BCUT2D eigenvalue weighted by molar-refractivity contribution is 9.10. The fourth-order valence-corrected chi connectivity index (χ4v) is 1.60. The van der Waals surface area contributed by atoms with Crippen molar-refractivity contribution in [3.8, 4) is 0 Å². The van der Waals surface area contributed by atoms with Gasteiger partial charge in [-0.15, -0.1) is 0 Å². The van der Waals surface area contributed by atoms with E-state index in [1.165, 1.54) is 6.07 Å². The fourth-order valence-electron chi connectivity index (χ4n) is 0.673. The van der Waals surface area contributed by atoms with Crippen LogP contribution in [0.15, 0.2) is 16.6 Å². The van der Waals surface area contributed by atoms with Gasteiger partial charge in [0.1, 0.15) is 5.82 Å². The summed E-state index contributed by atoms with van der Waals surface area (Å²) in [5.41, 5.74) is 0.156. The fraction of sp³-hybridized carbons (Fsp3) is 0. The van der Waals surface area contributed by atoms with Gasteiger partial charge in [-0.3, -0.25) is 4.79 Å². The van der Waals surface area contributed by atoms with Gasteiger partial charge in [-0.1, -0.05) is 11.6 Å². The molecule has 0 atom stereocenters. The number of carbonyl (C=O) groups is 1. The third-order valence-corrected chi connectivity index (χ3v) is 2.37. The van der Waals surface area contributed by atoms with E-state index >= 15 is 0 Å². The summed E-state index contributed by atoms with van der Waals surface area (Å²) in [6.45, 7) is 0. The molecule has 0 aliphatic heterocycles. The first kappa shape index (κ1) is 9.96. The Bertz CT molecular complexity index is 340. The second kappa shape index (κ2) is 3.73. The number of hydrogen-bond donors (Lipinski definition) is 0. The second-order valence-corrected chi connectivity index (χ2v) is 3.62. The Labute approximate surface area is 86.6 Å². The van der Waals surface area contributed by atoms with Gasteiger partial charge in [-0.25, -0.2) is 4.39 Å². The van der Waals surface area contributed by atoms with Gasteiger partial charge >= 0.3 is 0 Å². The van der Waals surface area contributed by atoms with Gasteiger partial charge < -0.3 is 0 Å². The van der Waals surface area contributed by atoms with Crippen molar-refractivity contribution in [2.24, 2.45) is 0 Å². The molecule has 64 valence electrons. The van der Waals surface area contributed by atoms with Gasteiger partial charge in [-0.2, -0.15) is 0 Å². The predicted molar refractivity (Wildman–Crippen MR) is 49.3 cm³/mol. The minimum absolute atomic E-state index is 0.123. The predicted octanol–water partition coefficient (Wildman–Crippen LogP) is 3.62. The topological polar surface area (TPSA) is 17.1 Å². The highest BCUT2D eigenvalue weighted by atomic mass is 79.9. The van der Waals surface area contributed by atoms with Crippen LogP contribution in [0.2, 0.25) is 5.02 Å². The van der Waals surface area contributed by atoms with E-state index in [4.69, 9.17) is 23.2 Å². The van der Waals surface area contributed by atoms with Crippen LogP contribution in [-0.2, 0) is 0 Å². The quantitative estimate of drug-likeness (QED) is 0.563. The van der Waals surface area contributed by atoms with Gasteiger partial charge in [0.2, 0.25) is 0 Å². The molecule has 0 heterocycles. The summed E-state index contributed by atoms with van der Waals surface area (Å²) in [5, 5.41) is -0.800. The molecule has 0 saturated heterocycles. The average molecular weight is 272 g/mol. The van der Waals surface area contributed by atoms with Crippen molar-refractivity contribution < 1.29 is 9.18 Å². The van der Waals surface area contributed by atoms with Crippen LogP contribution in [-0.4, -0.2) is 5.24 Å². The second-order valence-electron chi connectivity index (χ2n) is 2.02. The third kappa shape index (κ3) is 1.97. The van der Waals surface area contributed by atoms with Crippen LogP contribution in [0, 0.1) is 5.82 Å².